The summed E-state index contributed by atoms with van der Waals surface area (Å²) in [4.78, 5) is 4.20. The predicted octanol–water partition coefficient (Wildman–Crippen LogP) is 1.12. The van der Waals surface area contributed by atoms with E-state index in [4.69, 9.17) is 0 Å². The molecule has 0 saturated carbocycles. The molecule has 18 heavy (non-hydrogen) atoms. The highest BCUT2D eigenvalue weighted by atomic mass is 15.3. The quantitative estimate of drug-likeness (QED) is 0.832. The molecule has 1 unspecified atom stereocenters. The van der Waals surface area contributed by atoms with Crippen molar-refractivity contribution in [3.8, 4) is 0 Å². The van der Waals surface area contributed by atoms with Crippen LogP contribution in [0.4, 0.5) is 0 Å². The molecule has 0 aromatic carbocycles. The summed E-state index contributed by atoms with van der Waals surface area (Å²) in [6.07, 6.45) is 6.62. The summed E-state index contributed by atoms with van der Waals surface area (Å²) in [5, 5.41) is 11.9. The molecule has 2 aromatic rings. The van der Waals surface area contributed by atoms with E-state index in [1.165, 1.54) is 5.56 Å². The molecule has 2 heterocycles. The predicted molar refractivity (Wildman–Crippen MR) is 69.0 cm³/mol. The minimum atomic E-state index is 0.378. The van der Waals surface area contributed by atoms with E-state index in [9.17, 15) is 0 Å². The Morgan fingerprint density at radius 2 is 2.17 bits per heavy atom. The number of nitrogens with one attached hydrogen (secondary N) is 1. The van der Waals surface area contributed by atoms with Crippen LogP contribution < -0.4 is 5.32 Å². The lowest BCUT2D eigenvalue weighted by atomic mass is 10.1. The van der Waals surface area contributed by atoms with Gasteiger partial charge in [-0.1, -0.05) is 13.8 Å². The Balaban J connectivity index is 2.08. The van der Waals surface area contributed by atoms with Gasteiger partial charge in [0.05, 0.1) is 6.20 Å². The molecule has 6 nitrogen and oxygen atoms in total. The van der Waals surface area contributed by atoms with E-state index in [2.05, 4.69) is 40.5 Å². The van der Waals surface area contributed by atoms with Crippen LogP contribution in [0, 0.1) is 0 Å². The fourth-order valence-corrected chi connectivity index (χ4v) is 2.00. The summed E-state index contributed by atoms with van der Waals surface area (Å²) in [6.45, 7) is 5.91. The second-order valence-electron chi connectivity index (χ2n) is 4.29. The fourth-order valence-electron chi connectivity index (χ4n) is 2.00. The lowest BCUT2D eigenvalue weighted by molar-refractivity contribution is 0.536. The van der Waals surface area contributed by atoms with Gasteiger partial charge in [0.25, 0.3) is 0 Å². The molecule has 0 fully saturated rings. The molecule has 1 N–H and O–H groups in total. The van der Waals surface area contributed by atoms with Crippen LogP contribution in [0.3, 0.4) is 0 Å². The second kappa shape index (κ2) is 5.77. The summed E-state index contributed by atoms with van der Waals surface area (Å²) < 4.78 is 3.67. The smallest absolute Gasteiger partial charge is 0.148 e. The normalized spacial score (nSPS) is 12.8. The Morgan fingerprint density at radius 1 is 1.33 bits per heavy atom. The molecule has 0 bridgehead atoms. The highest BCUT2D eigenvalue weighted by molar-refractivity contribution is 5.10. The van der Waals surface area contributed by atoms with Crippen molar-refractivity contribution < 1.29 is 0 Å². The average molecular weight is 248 g/mol. The van der Waals surface area contributed by atoms with Crippen molar-refractivity contribution in [2.45, 2.75) is 32.9 Å². The van der Waals surface area contributed by atoms with E-state index in [1.807, 2.05) is 17.9 Å². The first-order valence-corrected chi connectivity index (χ1v) is 6.33. The van der Waals surface area contributed by atoms with Gasteiger partial charge in [-0.25, -0.2) is 4.98 Å². The van der Waals surface area contributed by atoms with Crippen LogP contribution in [-0.4, -0.2) is 31.1 Å². The van der Waals surface area contributed by atoms with Crippen LogP contribution in [0.5, 0.6) is 0 Å². The van der Waals surface area contributed by atoms with E-state index in [0.717, 1.165) is 18.8 Å². The third-order valence-electron chi connectivity index (χ3n) is 3.02. The Labute approximate surface area is 107 Å². The topological polar surface area (TPSA) is 60.6 Å². The number of hydrogen-bond acceptors (Lipinski definition) is 4. The SMILES string of the molecule is CCNC(CC)c1cnn(Cc2ncnn2C)c1. The molecular formula is C12H20N6. The first-order chi connectivity index (χ1) is 8.74. The first-order valence-electron chi connectivity index (χ1n) is 6.33. The summed E-state index contributed by atoms with van der Waals surface area (Å²) >= 11 is 0. The Hall–Kier alpha value is -1.69. The standard InChI is InChI=1S/C12H20N6/c1-4-11(13-5-2)10-6-15-18(7-10)8-12-14-9-16-17(12)3/h6-7,9,11,13H,4-5,8H2,1-3H3. The van der Waals surface area contributed by atoms with Crippen LogP contribution >= 0.6 is 0 Å². The number of aryl methyl sites for hydroxylation is 1. The molecule has 0 aliphatic carbocycles. The van der Waals surface area contributed by atoms with Gasteiger partial charge in [0.1, 0.15) is 18.7 Å². The molecule has 0 radical (unpaired) electrons. The summed E-state index contributed by atoms with van der Waals surface area (Å²) in [7, 11) is 1.89. The van der Waals surface area contributed by atoms with Crippen molar-refractivity contribution in [2.75, 3.05) is 6.54 Å². The highest BCUT2D eigenvalue weighted by Crippen LogP contribution is 2.15. The monoisotopic (exact) mass is 248 g/mol. The van der Waals surface area contributed by atoms with Gasteiger partial charge >= 0.3 is 0 Å². The summed E-state index contributed by atoms with van der Waals surface area (Å²) in [6, 6.07) is 0.378. The third kappa shape index (κ3) is 2.76. The molecule has 2 aromatic heterocycles. The zero-order valence-electron chi connectivity index (χ0n) is 11.2. The molecular weight excluding hydrogens is 228 g/mol. The van der Waals surface area contributed by atoms with Gasteiger partial charge < -0.3 is 5.32 Å². The molecule has 98 valence electrons. The van der Waals surface area contributed by atoms with E-state index in [0.29, 0.717) is 12.6 Å². The van der Waals surface area contributed by atoms with Crippen molar-refractivity contribution in [1.29, 1.82) is 0 Å². The summed E-state index contributed by atoms with van der Waals surface area (Å²) in [5.41, 5.74) is 1.22. The minimum absolute atomic E-state index is 0.378. The van der Waals surface area contributed by atoms with Crippen molar-refractivity contribution in [3.05, 3.63) is 30.1 Å². The minimum Gasteiger partial charge on any atom is -0.310 e. The van der Waals surface area contributed by atoms with Crippen LogP contribution in [0.15, 0.2) is 18.7 Å². The van der Waals surface area contributed by atoms with Gasteiger partial charge in [0.2, 0.25) is 0 Å². The van der Waals surface area contributed by atoms with Crippen molar-refractivity contribution in [3.63, 3.8) is 0 Å². The van der Waals surface area contributed by atoms with Gasteiger partial charge in [0.15, 0.2) is 0 Å². The largest absolute Gasteiger partial charge is 0.310 e. The first kappa shape index (κ1) is 12.8. The van der Waals surface area contributed by atoms with Crippen molar-refractivity contribution in [2.24, 2.45) is 7.05 Å². The Bertz CT molecular complexity index is 486. The molecule has 0 aliphatic rings. The maximum atomic E-state index is 4.38. The van der Waals surface area contributed by atoms with Crippen LogP contribution in [0.2, 0.25) is 0 Å². The summed E-state index contributed by atoms with van der Waals surface area (Å²) in [5.74, 6) is 0.904. The molecule has 2 rings (SSSR count). The van der Waals surface area contributed by atoms with Crippen LogP contribution in [-0.2, 0) is 13.6 Å². The zero-order chi connectivity index (χ0) is 13.0. The Kier molecular flexibility index (Phi) is 4.09. The number of hydrogen-bond donors (Lipinski definition) is 1. The molecule has 0 saturated heterocycles. The number of rotatable bonds is 6. The average Bonchev–Trinajstić information content (AvgIpc) is 2.97. The number of aromatic nitrogens is 5. The molecule has 0 aliphatic heterocycles. The van der Waals surface area contributed by atoms with Gasteiger partial charge in [-0.05, 0) is 13.0 Å². The fraction of sp³-hybridized carbons (Fsp3) is 0.583. The van der Waals surface area contributed by atoms with Crippen molar-refractivity contribution in [1.82, 2.24) is 29.9 Å². The lowest BCUT2D eigenvalue weighted by Gasteiger charge is -2.13. The lowest BCUT2D eigenvalue weighted by Crippen LogP contribution is -2.19. The second-order valence-corrected chi connectivity index (χ2v) is 4.29. The van der Waals surface area contributed by atoms with Gasteiger partial charge in [-0.15, -0.1) is 0 Å². The van der Waals surface area contributed by atoms with Gasteiger partial charge in [0, 0.05) is 24.8 Å². The van der Waals surface area contributed by atoms with E-state index in [-0.39, 0.29) is 0 Å². The third-order valence-corrected chi connectivity index (χ3v) is 3.02. The molecule has 1 atom stereocenters. The molecule has 0 spiro atoms. The maximum Gasteiger partial charge on any atom is 0.148 e. The van der Waals surface area contributed by atoms with Crippen LogP contribution in [0.1, 0.15) is 37.7 Å². The van der Waals surface area contributed by atoms with E-state index >= 15 is 0 Å². The van der Waals surface area contributed by atoms with Crippen LogP contribution in [0.25, 0.3) is 0 Å². The van der Waals surface area contributed by atoms with Gasteiger partial charge in [-0.2, -0.15) is 10.2 Å². The van der Waals surface area contributed by atoms with Gasteiger partial charge in [-0.3, -0.25) is 9.36 Å². The van der Waals surface area contributed by atoms with E-state index in [1.54, 1.807) is 11.0 Å². The Morgan fingerprint density at radius 3 is 2.78 bits per heavy atom. The number of nitrogens with zero attached hydrogens (tertiary/aromatic N) is 5. The van der Waals surface area contributed by atoms with Crippen molar-refractivity contribution >= 4 is 0 Å². The maximum absolute atomic E-state index is 4.38. The highest BCUT2D eigenvalue weighted by Gasteiger charge is 2.11. The van der Waals surface area contributed by atoms with E-state index < -0.39 is 0 Å². The zero-order valence-corrected chi connectivity index (χ0v) is 11.2. The molecule has 6 heteroatoms. The molecule has 0 amide bonds.